The molecule has 2 rings (SSSR count). The van der Waals surface area contributed by atoms with Crippen molar-refractivity contribution in [2.45, 2.75) is 13.1 Å². The van der Waals surface area contributed by atoms with Gasteiger partial charge in [0, 0.05) is 13.1 Å². The van der Waals surface area contributed by atoms with Gasteiger partial charge in [-0.15, -0.1) is 0 Å². The Morgan fingerprint density at radius 2 is 2.05 bits per heavy atom. The Hall–Kier alpha value is -2.51. The number of alkyl halides is 3. The SMILES string of the molecule is CNc1c(C(=O)Nc2cc(C)no2)cccc1C(F)(F)F. The molecule has 0 aliphatic carbocycles. The Bertz CT molecular complexity index is 665. The number of hydrogen-bond donors (Lipinski definition) is 2. The molecule has 0 unspecified atom stereocenters. The summed E-state index contributed by atoms with van der Waals surface area (Å²) in [6, 6.07) is 4.83. The van der Waals surface area contributed by atoms with Gasteiger partial charge >= 0.3 is 6.18 Å². The summed E-state index contributed by atoms with van der Waals surface area (Å²) in [5, 5.41) is 8.35. The highest BCUT2D eigenvalue weighted by atomic mass is 19.4. The Morgan fingerprint density at radius 3 is 2.57 bits per heavy atom. The zero-order chi connectivity index (χ0) is 15.6. The van der Waals surface area contributed by atoms with Crippen LogP contribution in [0.5, 0.6) is 0 Å². The fraction of sp³-hybridized carbons (Fsp3) is 0.231. The molecule has 2 N–H and O–H groups in total. The summed E-state index contributed by atoms with van der Waals surface area (Å²) in [7, 11) is 1.32. The van der Waals surface area contributed by atoms with E-state index in [9.17, 15) is 18.0 Å². The highest BCUT2D eigenvalue weighted by Gasteiger charge is 2.35. The molecule has 1 amide bonds. The minimum Gasteiger partial charge on any atom is -0.387 e. The molecule has 0 saturated carbocycles. The molecule has 1 aromatic heterocycles. The number of carbonyl (C=O) groups is 1. The van der Waals surface area contributed by atoms with E-state index in [-0.39, 0.29) is 17.1 Å². The standard InChI is InChI=1S/C13H12F3N3O2/c1-7-6-10(21-19-7)18-12(20)8-4-3-5-9(11(8)17-2)13(14,15)16/h3-6,17H,1-2H3,(H,18,20). The normalized spacial score (nSPS) is 11.3. The van der Waals surface area contributed by atoms with Crippen molar-refractivity contribution in [3.63, 3.8) is 0 Å². The lowest BCUT2D eigenvalue weighted by atomic mass is 10.1. The van der Waals surface area contributed by atoms with Crippen LogP contribution in [0, 0.1) is 6.92 Å². The topological polar surface area (TPSA) is 67.2 Å². The minimum atomic E-state index is -4.56. The average molecular weight is 299 g/mol. The van der Waals surface area contributed by atoms with Crippen LogP contribution in [0.25, 0.3) is 0 Å². The number of aryl methyl sites for hydroxylation is 1. The van der Waals surface area contributed by atoms with Gasteiger partial charge in [0.15, 0.2) is 0 Å². The lowest BCUT2D eigenvalue weighted by Crippen LogP contribution is -2.17. The van der Waals surface area contributed by atoms with E-state index in [1.165, 1.54) is 25.2 Å². The highest BCUT2D eigenvalue weighted by molar-refractivity contribution is 6.08. The first-order valence-corrected chi connectivity index (χ1v) is 5.95. The van der Waals surface area contributed by atoms with Crippen molar-refractivity contribution in [3.8, 4) is 0 Å². The maximum absolute atomic E-state index is 12.9. The molecule has 0 atom stereocenters. The van der Waals surface area contributed by atoms with E-state index in [2.05, 4.69) is 15.8 Å². The maximum atomic E-state index is 12.9. The van der Waals surface area contributed by atoms with Gasteiger partial charge in [0.05, 0.1) is 22.5 Å². The van der Waals surface area contributed by atoms with E-state index in [1.54, 1.807) is 6.92 Å². The summed E-state index contributed by atoms with van der Waals surface area (Å²) in [4.78, 5) is 12.1. The van der Waals surface area contributed by atoms with Crippen molar-refractivity contribution < 1.29 is 22.5 Å². The summed E-state index contributed by atoms with van der Waals surface area (Å²) in [6.07, 6.45) is -4.56. The molecule has 21 heavy (non-hydrogen) atoms. The first-order valence-electron chi connectivity index (χ1n) is 5.95. The quantitative estimate of drug-likeness (QED) is 0.912. The van der Waals surface area contributed by atoms with Gasteiger partial charge in [0.2, 0.25) is 5.88 Å². The molecule has 112 valence electrons. The van der Waals surface area contributed by atoms with Crippen molar-refractivity contribution >= 4 is 17.5 Å². The van der Waals surface area contributed by atoms with Crippen molar-refractivity contribution in [3.05, 3.63) is 41.1 Å². The van der Waals surface area contributed by atoms with Crippen LogP contribution in [0.3, 0.4) is 0 Å². The molecular weight excluding hydrogens is 287 g/mol. The smallest absolute Gasteiger partial charge is 0.387 e. The van der Waals surface area contributed by atoms with Crippen LogP contribution >= 0.6 is 0 Å². The average Bonchev–Trinajstić information content (AvgIpc) is 2.82. The van der Waals surface area contributed by atoms with Crippen molar-refractivity contribution in [1.29, 1.82) is 0 Å². The number of hydrogen-bond acceptors (Lipinski definition) is 4. The molecule has 5 nitrogen and oxygen atoms in total. The number of halogens is 3. The van der Waals surface area contributed by atoms with E-state index in [0.717, 1.165) is 6.07 Å². The zero-order valence-corrected chi connectivity index (χ0v) is 11.2. The summed E-state index contributed by atoms with van der Waals surface area (Å²) in [5.74, 6) is -0.654. The molecular formula is C13H12F3N3O2. The second kappa shape index (κ2) is 5.47. The van der Waals surface area contributed by atoms with Gasteiger partial charge in [-0.2, -0.15) is 13.2 Å². The fourth-order valence-electron chi connectivity index (χ4n) is 1.85. The number of para-hydroxylation sites is 1. The Labute approximate surface area is 118 Å². The molecule has 0 radical (unpaired) electrons. The van der Waals surface area contributed by atoms with E-state index in [0.29, 0.717) is 5.69 Å². The van der Waals surface area contributed by atoms with Gasteiger partial charge in [-0.25, -0.2) is 0 Å². The van der Waals surface area contributed by atoms with E-state index >= 15 is 0 Å². The maximum Gasteiger partial charge on any atom is 0.418 e. The molecule has 0 saturated heterocycles. The second-order valence-corrected chi connectivity index (χ2v) is 4.26. The summed E-state index contributed by atoms with van der Waals surface area (Å²) in [5.41, 5.74) is -0.797. The van der Waals surface area contributed by atoms with Crippen molar-refractivity contribution in [2.75, 3.05) is 17.7 Å². The van der Waals surface area contributed by atoms with E-state index in [1.807, 2.05) is 0 Å². The zero-order valence-electron chi connectivity index (χ0n) is 11.2. The molecule has 2 aromatic rings. The lowest BCUT2D eigenvalue weighted by Gasteiger charge is -2.15. The first-order chi connectivity index (χ1) is 9.82. The number of nitrogens with one attached hydrogen (secondary N) is 2. The van der Waals surface area contributed by atoms with Crippen LogP contribution in [-0.4, -0.2) is 18.1 Å². The van der Waals surface area contributed by atoms with Crippen LogP contribution < -0.4 is 10.6 Å². The lowest BCUT2D eigenvalue weighted by molar-refractivity contribution is -0.136. The van der Waals surface area contributed by atoms with Crippen LogP contribution in [0.15, 0.2) is 28.8 Å². The third kappa shape index (κ3) is 3.15. The number of amides is 1. The molecule has 8 heteroatoms. The van der Waals surface area contributed by atoms with Gasteiger partial charge in [-0.3, -0.25) is 10.1 Å². The second-order valence-electron chi connectivity index (χ2n) is 4.26. The number of nitrogens with zero attached hydrogens (tertiary/aromatic N) is 1. The first kappa shape index (κ1) is 14.9. The van der Waals surface area contributed by atoms with Crippen LogP contribution in [0.1, 0.15) is 21.6 Å². The van der Waals surface area contributed by atoms with Crippen LogP contribution in [0.2, 0.25) is 0 Å². The summed E-state index contributed by atoms with van der Waals surface area (Å²) >= 11 is 0. The predicted molar refractivity (Wildman–Crippen MR) is 70.2 cm³/mol. The van der Waals surface area contributed by atoms with Crippen molar-refractivity contribution in [2.24, 2.45) is 0 Å². The van der Waals surface area contributed by atoms with Crippen LogP contribution in [-0.2, 0) is 6.18 Å². The molecule has 1 aromatic carbocycles. The molecule has 0 aliphatic rings. The number of rotatable bonds is 3. The van der Waals surface area contributed by atoms with E-state index in [4.69, 9.17) is 4.52 Å². The summed E-state index contributed by atoms with van der Waals surface area (Å²) in [6.45, 7) is 1.66. The third-order valence-electron chi connectivity index (χ3n) is 2.73. The molecule has 0 fully saturated rings. The monoisotopic (exact) mass is 299 g/mol. The Kier molecular flexibility index (Phi) is 3.88. The molecule has 1 heterocycles. The Balaban J connectivity index is 2.37. The highest BCUT2D eigenvalue weighted by Crippen LogP contribution is 2.36. The minimum absolute atomic E-state index is 0.0666. The largest absolute Gasteiger partial charge is 0.418 e. The van der Waals surface area contributed by atoms with E-state index < -0.39 is 17.6 Å². The number of benzene rings is 1. The number of aromatic nitrogens is 1. The number of carbonyl (C=O) groups excluding carboxylic acids is 1. The third-order valence-corrected chi connectivity index (χ3v) is 2.73. The fourth-order valence-corrected chi connectivity index (χ4v) is 1.85. The van der Waals surface area contributed by atoms with Gasteiger partial charge in [-0.05, 0) is 19.1 Å². The van der Waals surface area contributed by atoms with Gasteiger partial charge in [-0.1, -0.05) is 11.2 Å². The van der Waals surface area contributed by atoms with Crippen molar-refractivity contribution in [1.82, 2.24) is 5.16 Å². The molecule has 0 spiro atoms. The number of anilines is 2. The van der Waals surface area contributed by atoms with Gasteiger partial charge in [0.1, 0.15) is 0 Å². The Morgan fingerprint density at radius 1 is 1.33 bits per heavy atom. The van der Waals surface area contributed by atoms with Gasteiger partial charge < -0.3 is 9.84 Å². The molecule has 0 aliphatic heterocycles. The predicted octanol–water partition coefficient (Wildman–Crippen LogP) is 3.30. The molecule has 0 bridgehead atoms. The van der Waals surface area contributed by atoms with Crippen LogP contribution in [0.4, 0.5) is 24.7 Å². The van der Waals surface area contributed by atoms with Gasteiger partial charge in [0.25, 0.3) is 5.91 Å². The summed E-state index contributed by atoms with van der Waals surface area (Å²) < 4.78 is 43.5.